The van der Waals surface area contributed by atoms with Gasteiger partial charge in [-0.2, -0.15) is 0 Å². The SMILES string of the molecule is Cc1nccc(-c2cccc(S(N)(=O)=O)c2)n1. The van der Waals surface area contributed by atoms with Crippen LogP contribution in [-0.4, -0.2) is 18.4 Å². The maximum atomic E-state index is 11.2. The fraction of sp³-hybridized carbons (Fsp3) is 0.0909. The Hall–Kier alpha value is -1.79. The van der Waals surface area contributed by atoms with Gasteiger partial charge in [0.25, 0.3) is 0 Å². The van der Waals surface area contributed by atoms with Gasteiger partial charge < -0.3 is 0 Å². The molecule has 1 heterocycles. The van der Waals surface area contributed by atoms with Crippen molar-refractivity contribution < 1.29 is 8.42 Å². The summed E-state index contributed by atoms with van der Waals surface area (Å²) in [6.45, 7) is 1.77. The molecule has 5 nitrogen and oxygen atoms in total. The molecule has 6 heteroatoms. The molecule has 0 saturated carbocycles. The molecule has 0 spiro atoms. The maximum Gasteiger partial charge on any atom is 0.238 e. The highest BCUT2D eigenvalue weighted by molar-refractivity contribution is 7.89. The first-order valence-corrected chi connectivity index (χ1v) is 6.44. The molecule has 0 radical (unpaired) electrons. The number of benzene rings is 1. The standard InChI is InChI=1S/C11H11N3O2S/c1-8-13-6-5-11(14-8)9-3-2-4-10(7-9)17(12,15)16/h2-7H,1H3,(H2,12,15,16). The van der Waals surface area contributed by atoms with Crippen molar-refractivity contribution in [1.29, 1.82) is 0 Å². The zero-order valence-corrected chi connectivity index (χ0v) is 9.98. The van der Waals surface area contributed by atoms with E-state index in [9.17, 15) is 8.42 Å². The average Bonchev–Trinajstić information content (AvgIpc) is 2.28. The second kappa shape index (κ2) is 4.23. The Morgan fingerprint density at radius 1 is 1.24 bits per heavy atom. The van der Waals surface area contributed by atoms with Crippen molar-refractivity contribution in [1.82, 2.24) is 9.97 Å². The second-order valence-electron chi connectivity index (χ2n) is 3.56. The molecule has 0 saturated heterocycles. The molecule has 0 unspecified atom stereocenters. The minimum atomic E-state index is -3.69. The van der Waals surface area contributed by atoms with Crippen LogP contribution in [0.25, 0.3) is 11.3 Å². The molecule has 0 fully saturated rings. The van der Waals surface area contributed by atoms with Gasteiger partial charge in [0.15, 0.2) is 0 Å². The van der Waals surface area contributed by atoms with E-state index in [0.717, 1.165) is 0 Å². The van der Waals surface area contributed by atoms with Gasteiger partial charge in [0.2, 0.25) is 10.0 Å². The van der Waals surface area contributed by atoms with Crippen LogP contribution < -0.4 is 5.14 Å². The lowest BCUT2D eigenvalue weighted by Crippen LogP contribution is -2.12. The number of sulfonamides is 1. The molecule has 2 N–H and O–H groups in total. The predicted molar refractivity (Wildman–Crippen MR) is 63.6 cm³/mol. The number of aromatic nitrogens is 2. The van der Waals surface area contributed by atoms with E-state index in [4.69, 9.17) is 5.14 Å². The van der Waals surface area contributed by atoms with Crippen molar-refractivity contribution in [2.75, 3.05) is 0 Å². The Balaban J connectivity index is 2.54. The third-order valence-corrected chi connectivity index (χ3v) is 3.15. The minimum absolute atomic E-state index is 0.0752. The zero-order valence-electron chi connectivity index (χ0n) is 9.16. The van der Waals surface area contributed by atoms with E-state index >= 15 is 0 Å². The summed E-state index contributed by atoms with van der Waals surface area (Å²) in [4.78, 5) is 8.28. The van der Waals surface area contributed by atoms with E-state index in [1.165, 1.54) is 12.1 Å². The summed E-state index contributed by atoms with van der Waals surface area (Å²) in [6, 6.07) is 8.07. The molecule has 0 amide bonds. The maximum absolute atomic E-state index is 11.2. The summed E-state index contributed by atoms with van der Waals surface area (Å²) in [5, 5.41) is 5.07. The highest BCUT2D eigenvalue weighted by atomic mass is 32.2. The van der Waals surface area contributed by atoms with Gasteiger partial charge in [-0.3, -0.25) is 0 Å². The lowest BCUT2D eigenvalue weighted by atomic mass is 10.1. The Morgan fingerprint density at radius 3 is 2.65 bits per heavy atom. The fourth-order valence-electron chi connectivity index (χ4n) is 1.45. The number of hydrogen-bond donors (Lipinski definition) is 1. The van der Waals surface area contributed by atoms with E-state index < -0.39 is 10.0 Å². The van der Waals surface area contributed by atoms with Crippen LogP contribution in [0.1, 0.15) is 5.82 Å². The second-order valence-corrected chi connectivity index (χ2v) is 5.12. The molecule has 17 heavy (non-hydrogen) atoms. The normalized spacial score (nSPS) is 11.4. The van der Waals surface area contributed by atoms with Gasteiger partial charge in [0, 0.05) is 11.8 Å². The van der Waals surface area contributed by atoms with Crippen LogP contribution in [0.4, 0.5) is 0 Å². The Kier molecular flexibility index (Phi) is 2.91. The van der Waals surface area contributed by atoms with E-state index in [-0.39, 0.29) is 4.90 Å². The van der Waals surface area contributed by atoms with Gasteiger partial charge in [-0.1, -0.05) is 12.1 Å². The summed E-state index contributed by atoms with van der Waals surface area (Å²) in [5.74, 6) is 0.628. The number of aryl methyl sites for hydroxylation is 1. The third kappa shape index (κ3) is 2.66. The predicted octanol–water partition coefficient (Wildman–Crippen LogP) is 1.10. The van der Waals surface area contributed by atoms with Crippen molar-refractivity contribution in [3.05, 3.63) is 42.4 Å². The minimum Gasteiger partial charge on any atom is -0.242 e. The van der Waals surface area contributed by atoms with Gasteiger partial charge in [-0.05, 0) is 25.1 Å². The molecule has 0 aliphatic rings. The number of nitrogens with zero attached hydrogens (tertiary/aromatic N) is 2. The van der Waals surface area contributed by atoms with Crippen LogP contribution in [0.3, 0.4) is 0 Å². The largest absolute Gasteiger partial charge is 0.242 e. The fourth-order valence-corrected chi connectivity index (χ4v) is 2.01. The summed E-state index contributed by atoms with van der Waals surface area (Å²) >= 11 is 0. The number of hydrogen-bond acceptors (Lipinski definition) is 4. The first-order chi connectivity index (χ1) is 7.97. The quantitative estimate of drug-likeness (QED) is 0.863. The van der Waals surface area contributed by atoms with Gasteiger partial charge >= 0.3 is 0 Å². The Labute approximate surface area is 99.4 Å². The van der Waals surface area contributed by atoms with Gasteiger partial charge in [-0.15, -0.1) is 0 Å². The van der Waals surface area contributed by atoms with Crippen molar-refractivity contribution in [2.45, 2.75) is 11.8 Å². The first kappa shape index (κ1) is 11.7. The lowest BCUT2D eigenvalue weighted by Gasteiger charge is -2.03. The van der Waals surface area contributed by atoms with Gasteiger partial charge in [-0.25, -0.2) is 23.5 Å². The Bertz CT molecular complexity index is 653. The third-order valence-electron chi connectivity index (χ3n) is 2.23. The average molecular weight is 249 g/mol. The molecule has 0 bridgehead atoms. The van der Waals surface area contributed by atoms with Crippen LogP contribution in [0.2, 0.25) is 0 Å². The topological polar surface area (TPSA) is 85.9 Å². The number of nitrogens with two attached hydrogens (primary N) is 1. The molecular formula is C11H11N3O2S. The van der Waals surface area contributed by atoms with Gasteiger partial charge in [0.1, 0.15) is 5.82 Å². The molecule has 88 valence electrons. The Morgan fingerprint density at radius 2 is 2.00 bits per heavy atom. The first-order valence-electron chi connectivity index (χ1n) is 4.90. The highest BCUT2D eigenvalue weighted by Gasteiger charge is 2.09. The molecule has 0 atom stereocenters. The molecular weight excluding hydrogens is 238 g/mol. The van der Waals surface area contributed by atoms with Crippen molar-refractivity contribution >= 4 is 10.0 Å². The summed E-state index contributed by atoms with van der Waals surface area (Å²) in [6.07, 6.45) is 1.63. The van der Waals surface area contributed by atoms with E-state index in [2.05, 4.69) is 9.97 Å². The van der Waals surface area contributed by atoms with Crippen molar-refractivity contribution in [2.24, 2.45) is 5.14 Å². The van der Waals surface area contributed by atoms with Gasteiger partial charge in [0.05, 0.1) is 10.6 Å². The molecule has 2 rings (SSSR count). The molecule has 0 aliphatic carbocycles. The highest BCUT2D eigenvalue weighted by Crippen LogP contribution is 2.19. The summed E-state index contributed by atoms with van der Waals surface area (Å²) in [5.41, 5.74) is 1.37. The molecule has 2 aromatic rings. The van der Waals surface area contributed by atoms with E-state index in [0.29, 0.717) is 17.1 Å². The van der Waals surface area contributed by atoms with E-state index in [1.807, 2.05) is 0 Å². The summed E-state index contributed by atoms with van der Waals surface area (Å²) < 4.78 is 22.5. The summed E-state index contributed by atoms with van der Waals surface area (Å²) in [7, 11) is -3.69. The number of primary sulfonamides is 1. The van der Waals surface area contributed by atoms with Crippen molar-refractivity contribution in [3.63, 3.8) is 0 Å². The molecule has 0 aliphatic heterocycles. The van der Waals surface area contributed by atoms with Crippen LogP contribution in [0.5, 0.6) is 0 Å². The van der Waals surface area contributed by atoms with E-state index in [1.54, 1.807) is 31.3 Å². The van der Waals surface area contributed by atoms with Crippen LogP contribution in [0.15, 0.2) is 41.4 Å². The lowest BCUT2D eigenvalue weighted by molar-refractivity contribution is 0.598. The van der Waals surface area contributed by atoms with Crippen LogP contribution >= 0.6 is 0 Å². The van der Waals surface area contributed by atoms with Crippen LogP contribution in [0, 0.1) is 6.92 Å². The molecule has 1 aromatic carbocycles. The monoisotopic (exact) mass is 249 g/mol. The number of rotatable bonds is 2. The van der Waals surface area contributed by atoms with Crippen LogP contribution in [-0.2, 0) is 10.0 Å². The van der Waals surface area contributed by atoms with Crippen molar-refractivity contribution in [3.8, 4) is 11.3 Å². The smallest absolute Gasteiger partial charge is 0.238 e. The molecule has 1 aromatic heterocycles. The zero-order chi connectivity index (χ0) is 12.5.